The lowest BCUT2D eigenvalue weighted by Crippen LogP contribution is -2.07. The Bertz CT molecular complexity index is 1310. The van der Waals surface area contributed by atoms with Crippen LogP contribution in [-0.2, 0) is 19.3 Å². The lowest BCUT2D eigenvalue weighted by Gasteiger charge is -2.21. The zero-order chi connectivity index (χ0) is 20.4. The quantitative estimate of drug-likeness (QED) is 0.479. The number of nitrogens with zero attached hydrogens (tertiary/aromatic N) is 1. The van der Waals surface area contributed by atoms with E-state index in [1.165, 1.54) is 67.2 Å². The van der Waals surface area contributed by atoms with Crippen LogP contribution in [0.4, 0.5) is 0 Å². The smallest absolute Gasteiger partial charge is 0.0764 e. The molecule has 3 aromatic rings. The van der Waals surface area contributed by atoms with Gasteiger partial charge in [0, 0.05) is 22.5 Å². The van der Waals surface area contributed by atoms with Gasteiger partial charge in [-0.1, -0.05) is 48.5 Å². The Morgan fingerprint density at radius 3 is 2.30 bits per heavy atom. The fourth-order valence-corrected chi connectivity index (χ4v) is 5.64. The molecule has 6 rings (SSSR count). The minimum Gasteiger partial charge on any atom is -0.358 e. The highest BCUT2D eigenvalue weighted by Crippen LogP contribution is 2.46. The topological polar surface area (TPSA) is 28.1 Å². The number of allylic oxidation sites excluding steroid dienone is 3. The van der Waals surface area contributed by atoms with Crippen LogP contribution in [0.15, 0.2) is 64.8 Å². The van der Waals surface area contributed by atoms with E-state index in [4.69, 9.17) is 4.99 Å². The molecule has 0 amide bonds. The van der Waals surface area contributed by atoms with Crippen molar-refractivity contribution in [1.82, 2.24) is 4.98 Å². The van der Waals surface area contributed by atoms with Crippen LogP contribution >= 0.6 is 0 Å². The Kier molecular flexibility index (Phi) is 3.80. The maximum atomic E-state index is 5.12. The standard InChI is InChI=1S/C28H26N2/c1-16(27-25-21(17(2)29-27)14-12-19-8-4-6-10-23(19)25)28-26-22(18(3)30-28)15-13-20-9-5-7-11-24(20)26/h4-11,29H,12-15H2,1-3H3/b28-16-. The van der Waals surface area contributed by atoms with Gasteiger partial charge in [0.1, 0.15) is 0 Å². The molecule has 148 valence electrons. The zero-order valence-electron chi connectivity index (χ0n) is 17.9. The average Bonchev–Trinajstić information content (AvgIpc) is 3.31. The molecule has 0 unspecified atom stereocenters. The summed E-state index contributed by atoms with van der Waals surface area (Å²) in [5, 5.41) is 0. The van der Waals surface area contributed by atoms with Crippen molar-refractivity contribution >= 4 is 16.9 Å². The number of aryl methyl sites for hydroxylation is 3. The first-order chi connectivity index (χ1) is 14.6. The summed E-state index contributed by atoms with van der Waals surface area (Å²) in [5.41, 5.74) is 17.5. The molecule has 2 nitrogen and oxygen atoms in total. The van der Waals surface area contributed by atoms with Gasteiger partial charge >= 0.3 is 0 Å². The van der Waals surface area contributed by atoms with Crippen LogP contribution in [0.5, 0.6) is 0 Å². The Balaban J connectivity index is 1.60. The molecule has 1 aliphatic heterocycles. The number of benzene rings is 2. The highest BCUT2D eigenvalue weighted by atomic mass is 14.8. The molecule has 0 spiro atoms. The predicted octanol–water partition coefficient (Wildman–Crippen LogP) is 6.69. The van der Waals surface area contributed by atoms with E-state index in [2.05, 4.69) is 74.3 Å². The molecule has 0 radical (unpaired) electrons. The Morgan fingerprint density at radius 1 is 0.833 bits per heavy atom. The minimum atomic E-state index is 1.09. The number of fused-ring (bicyclic) bond motifs is 5. The molecule has 2 aliphatic carbocycles. The van der Waals surface area contributed by atoms with Crippen LogP contribution in [0.25, 0.3) is 22.3 Å². The van der Waals surface area contributed by atoms with Crippen LogP contribution in [0.3, 0.4) is 0 Å². The first kappa shape index (κ1) is 17.7. The molecule has 2 aromatic carbocycles. The van der Waals surface area contributed by atoms with Gasteiger partial charge in [0.05, 0.1) is 11.4 Å². The Hall–Kier alpha value is -3.13. The third-order valence-electron chi connectivity index (χ3n) is 7.16. The fraction of sp³-hybridized carbons (Fsp3) is 0.250. The van der Waals surface area contributed by atoms with E-state index in [-0.39, 0.29) is 0 Å². The average molecular weight is 391 g/mol. The van der Waals surface area contributed by atoms with E-state index in [1.807, 2.05) is 0 Å². The highest BCUT2D eigenvalue weighted by Gasteiger charge is 2.31. The van der Waals surface area contributed by atoms with Crippen molar-refractivity contribution in [3.8, 4) is 11.1 Å². The number of aliphatic imine (C=N–C) groups is 1. The summed E-state index contributed by atoms with van der Waals surface area (Å²) in [6.07, 6.45) is 4.43. The van der Waals surface area contributed by atoms with E-state index in [1.54, 1.807) is 0 Å². The zero-order valence-corrected chi connectivity index (χ0v) is 17.9. The van der Waals surface area contributed by atoms with Gasteiger partial charge < -0.3 is 4.98 Å². The van der Waals surface area contributed by atoms with Crippen molar-refractivity contribution in [2.75, 3.05) is 0 Å². The maximum Gasteiger partial charge on any atom is 0.0764 e. The molecule has 3 aliphatic rings. The fourth-order valence-electron chi connectivity index (χ4n) is 5.64. The van der Waals surface area contributed by atoms with Crippen molar-refractivity contribution in [1.29, 1.82) is 0 Å². The SMILES string of the molecule is CC1=N/C(=C(/C)c2[nH]c(C)c3c2-c2ccccc2CC3)C2=C1CCc1ccccc12. The van der Waals surface area contributed by atoms with Crippen molar-refractivity contribution in [3.05, 3.63) is 93.4 Å². The monoisotopic (exact) mass is 390 g/mol. The summed E-state index contributed by atoms with van der Waals surface area (Å²) in [5.74, 6) is 0. The highest BCUT2D eigenvalue weighted by molar-refractivity contribution is 6.15. The number of H-pyrrole nitrogens is 1. The van der Waals surface area contributed by atoms with Crippen LogP contribution in [0, 0.1) is 6.92 Å². The minimum absolute atomic E-state index is 1.09. The Labute approximate surface area is 178 Å². The molecule has 30 heavy (non-hydrogen) atoms. The molecule has 2 heterocycles. The molecular formula is C28H26N2. The maximum absolute atomic E-state index is 5.12. The third-order valence-corrected chi connectivity index (χ3v) is 7.16. The van der Waals surface area contributed by atoms with E-state index in [9.17, 15) is 0 Å². The normalized spacial score (nSPS) is 18.4. The lowest BCUT2D eigenvalue weighted by molar-refractivity contribution is 0.933. The number of hydrogen-bond acceptors (Lipinski definition) is 1. The van der Waals surface area contributed by atoms with Gasteiger partial charge in [-0.05, 0) is 85.4 Å². The van der Waals surface area contributed by atoms with E-state index in [0.29, 0.717) is 0 Å². The van der Waals surface area contributed by atoms with Crippen molar-refractivity contribution in [2.45, 2.75) is 46.5 Å². The van der Waals surface area contributed by atoms with Gasteiger partial charge in [0.15, 0.2) is 0 Å². The van der Waals surface area contributed by atoms with Gasteiger partial charge in [0.25, 0.3) is 0 Å². The molecule has 0 saturated heterocycles. The van der Waals surface area contributed by atoms with Crippen LogP contribution in [-0.4, -0.2) is 10.7 Å². The summed E-state index contributed by atoms with van der Waals surface area (Å²) >= 11 is 0. The second-order valence-corrected chi connectivity index (χ2v) is 8.82. The van der Waals surface area contributed by atoms with Crippen LogP contribution in [0.1, 0.15) is 53.9 Å². The van der Waals surface area contributed by atoms with Gasteiger partial charge in [-0.2, -0.15) is 0 Å². The number of aromatic nitrogens is 1. The van der Waals surface area contributed by atoms with Crippen LogP contribution < -0.4 is 0 Å². The second-order valence-electron chi connectivity index (χ2n) is 8.82. The molecule has 1 N–H and O–H groups in total. The Morgan fingerprint density at radius 2 is 1.50 bits per heavy atom. The number of aromatic amines is 1. The summed E-state index contributed by atoms with van der Waals surface area (Å²) in [7, 11) is 0. The van der Waals surface area contributed by atoms with E-state index >= 15 is 0 Å². The molecular weight excluding hydrogens is 364 g/mol. The number of hydrogen-bond donors (Lipinski definition) is 1. The number of rotatable bonds is 1. The summed E-state index contributed by atoms with van der Waals surface area (Å²) < 4.78 is 0. The molecule has 0 saturated carbocycles. The molecule has 0 bridgehead atoms. The second kappa shape index (κ2) is 6.43. The van der Waals surface area contributed by atoms with Crippen molar-refractivity contribution in [2.24, 2.45) is 4.99 Å². The van der Waals surface area contributed by atoms with Gasteiger partial charge in [-0.3, -0.25) is 4.99 Å². The third kappa shape index (κ3) is 2.40. The first-order valence-electron chi connectivity index (χ1n) is 11.0. The lowest BCUT2D eigenvalue weighted by atomic mass is 9.82. The predicted molar refractivity (Wildman–Crippen MR) is 126 cm³/mol. The molecule has 0 fully saturated rings. The summed E-state index contributed by atoms with van der Waals surface area (Å²) in [4.78, 5) is 8.88. The molecule has 2 heteroatoms. The summed E-state index contributed by atoms with van der Waals surface area (Å²) in [6.45, 7) is 6.65. The first-order valence-corrected chi connectivity index (χ1v) is 11.0. The summed E-state index contributed by atoms with van der Waals surface area (Å²) in [6, 6.07) is 17.8. The van der Waals surface area contributed by atoms with Crippen LogP contribution in [0.2, 0.25) is 0 Å². The van der Waals surface area contributed by atoms with Gasteiger partial charge in [-0.25, -0.2) is 0 Å². The van der Waals surface area contributed by atoms with Crippen molar-refractivity contribution < 1.29 is 0 Å². The molecule has 1 aromatic heterocycles. The van der Waals surface area contributed by atoms with E-state index in [0.717, 1.165) is 31.4 Å². The largest absolute Gasteiger partial charge is 0.358 e. The molecule has 0 atom stereocenters. The van der Waals surface area contributed by atoms with Crippen molar-refractivity contribution in [3.63, 3.8) is 0 Å². The van der Waals surface area contributed by atoms with Gasteiger partial charge in [0.2, 0.25) is 0 Å². The van der Waals surface area contributed by atoms with E-state index < -0.39 is 0 Å². The number of nitrogens with one attached hydrogen (secondary N) is 1. The van der Waals surface area contributed by atoms with Gasteiger partial charge in [-0.15, -0.1) is 0 Å².